The summed E-state index contributed by atoms with van der Waals surface area (Å²) in [6, 6.07) is 8.91. The molecule has 0 aliphatic carbocycles. The van der Waals surface area contributed by atoms with Crippen LogP contribution in [0.5, 0.6) is 17.2 Å². The van der Waals surface area contributed by atoms with Gasteiger partial charge in [0.25, 0.3) is 5.56 Å². The van der Waals surface area contributed by atoms with Crippen molar-refractivity contribution in [2.45, 2.75) is 0 Å². The van der Waals surface area contributed by atoms with Crippen LogP contribution in [0.15, 0.2) is 41.3 Å². The van der Waals surface area contributed by atoms with E-state index < -0.39 is 0 Å². The topological polar surface area (TPSA) is 77.3 Å². The van der Waals surface area contributed by atoms with Gasteiger partial charge >= 0.3 is 0 Å². The maximum Gasteiger partial charge on any atom is 0.258 e. The molecular weight excluding hydrogens is 372 g/mol. The van der Waals surface area contributed by atoms with E-state index in [1.54, 1.807) is 37.9 Å². The highest BCUT2D eigenvalue weighted by Crippen LogP contribution is 2.32. The maximum absolute atomic E-state index is 12.9. The van der Waals surface area contributed by atoms with Gasteiger partial charge in [0, 0.05) is 50.1 Å². The molecule has 0 radical (unpaired) electrons. The molecule has 8 heteroatoms. The van der Waals surface area contributed by atoms with E-state index in [2.05, 4.69) is 10.2 Å². The van der Waals surface area contributed by atoms with Gasteiger partial charge in [-0.1, -0.05) is 0 Å². The molecule has 0 bridgehead atoms. The van der Waals surface area contributed by atoms with Gasteiger partial charge in [0.05, 0.1) is 32.7 Å². The quantitative estimate of drug-likeness (QED) is 0.705. The van der Waals surface area contributed by atoms with E-state index in [4.69, 9.17) is 19.2 Å². The van der Waals surface area contributed by atoms with Gasteiger partial charge in [-0.15, -0.1) is 0 Å². The van der Waals surface area contributed by atoms with Gasteiger partial charge in [0.1, 0.15) is 0 Å². The zero-order valence-corrected chi connectivity index (χ0v) is 16.8. The second-order valence-corrected chi connectivity index (χ2v) is 6.75. The van der Waals surface area contributed by atoms with Crippen molar-refractivity contribution in [2.75, 3.05) is 52.4 Å². The van der Waals surface area contributed by atoms with Crippen LogP contribution in [0.3, 0.4) is 0 Å². The van der Waals surface area contributed by atoms with Crippen molar-refractivity contribution in [3.05, 3.63) is 46.9 Å². The number of aromatic nitrogens is 2. The van der Waals surface area contributed by atoms with E-state index >= 15 is 0 Å². The van der Waals surface area contributed by atoms with E-state index in [1.165, 1.54) is 6.07 Å². The van der Waals surface area contributed by atoms with Gasteiger partial charge < -0.3 is 24.4 Å². The Kier molecular flexibility index (Phi) is 5.26. The number of rotatable bonds is 5. The fourth-order valence-electron chi connectivity index (χ4n) is 3.55. The summed E-state index contributed by atoms with van der Waals surface area (Å²) in [6.45, 7) is 3.57. The van der Waals surface area contributed by atoms with Gasteiger partial charge in [-0.25, -0.2) is 4.98 Å². The minimum Gasteiger partial charge on any atom is -0.493 e. The first-order valence-corrected chi connectivity index (χ1v) is 9.44. The van der Waals surface area contributed by atoms with E-state index in [1.807, 2.05) is 18.3 Å². The Hall–Kier alpha value is -3.26. The lowest BCUT2D eigenvalue weighted by Gasteiger charge is -2.29. The lowest BCUT2D eigenvalue weighted by molar-refractivity contribution is 0.355. The molecule has 1 aromatic carbocycles. The molecule has 29 heavy (non-hydrogen) atoms. The first kappa shape index (κ1) is 19.1. The highest BCUT2D eigenvalue weighted by molar-refractivity contribution is 5.69. The predicted octanol–water partition coefficient (Wildman–Crippen LogP) is 1.80. The average molecular weight is 396 g/mol. The van der Waals surface area contributed by atoms with Crippen molar-refractivity contribution in [3.8, 4) is 28.5 Å². The van der Waals surface area contributed by atoms with Crippen molar-refractivity contribution in [1.82, 2.24) is 14.7 Å². The molecule has 1 aliphatic rings. The Morgan fingerprint density at radius 1 is 0.931 bits per heavy atom. The van der Waals surface area contributed by atoms with Crippen LogP contribution in [-0.4, -0.2) is 56.9 Å². The summed E-state index contributed by atoms with van der Waals surface area (Å²) in [5, 5.41) is 3.33. The van der Waals surface area contributed by atoms with E-state index in [0.717, 1.165) is 37.4 Å². The van der Waals surface area contributed by atoms with Crippen molar-refractivity contribution >= 4 is 11.3 Å². The molecule has 1 saturated heterocycles. The summed E-state index contributed by atoms with van der Waals surface area (Å²) in [5.74, 6) is 1.75. The summed E-state index contributed by atoms with van der Waals surface area (Å²) in [6.07, 6.45) is 1.83. The Morgan fingerprint density at radius 3 is 2.34 bits per heavy atom. The van der Waals surface area contributed by atoms with E-state index in [-0.39, 0.29) is 5.56 Å². The molecule has 1 fully saturated rings. The Balaban J connectivity index is 1.84. The fourth-order valence-corrected chi connectivity index (χ4v) is 3.55. The van der Waals surface area contributed by atoms with Crippen LogP contribution in [-0.2, 0) is 0 Å². The van der Waals surface area contributed by atoms with Gasteiger partial charge in [-0.3, -0.25) is 9.20 Å². The number of fused-ring (bicyclic) bond motifs is 1. The van der Waals surface area contributed by atoms with Gasteiger partial charge in [-0.2, -0.15) is 0 Å². The molecule has 0 saturated carbocycles. The summed E-state index contributed by atoms with van der Waals surface area (Å²) in [4.78, 5) is 19.9. The third-order valence-electron chi connectivity index (χ3n) is 5.09. The second kappa shape index (κ2) is 8.00. The number of nitrogens with one attached hydrogen (secondary N) is 1. The molecule has 0 amide bonds. The lowest BCUT2D eigenvalue weighted by Crippen LogP contribution is -2.43. The molecule has 0 spiro atoms. The molecule has 1 N–H and O–H groups in total. The van der Waals surface area contributed by atoms with Gasteiger partial charge in [0.2, 0.25) is 0 Å². The molecule has 152 valence electrons. The summed E-state index contributed by atoms with van der Waals surface area (Å²) < 4.78 is 17.8. The summed E-state index contributed by atoms with van der Waals surface area (Å²) in [7, 11) is 4.75. The molecule has 2 aromatic heterocycles. The molecular formula is C21H24N4O4. The molecule has 0 atom stereocenters. The van der Waals surface area contributed by atoms with Crippen LogP contribution >= 0.6 is 0 Å². The number of piperazine rings is 1. The number of methoxy groups -OCH3 is 3. The second-order valence-electron chi connectivity index (χ2n) is 6.75. The number of pyridine rings is 1. The van der Waals surface area contributed by atoms with Crippen LogP contribution in [0.2, 0.25) is 0 Å². The monoisotopic (exact) mass is 396 g/mol. The van der Waals surface area contributed by atoms with E-state index in [9.17, 15) is 4.79 Å². The molecule has 8 nitrogen and oxygen atoms in total. The van der Waals surface area contributed by atoms with Crippen LogP contribution in [0, 0.1) is 0 Å². The third-order valence-corrected chi connectivity index (χ3v) is 5.09. The number of ether oxygens (including phenoxy) is 3. The predicted molar refractivity (Wildman–Crippen MR) is 112 cm³/mol. The van der Waals surface area contributed by atoms with Crippen molar-refractivity contribution in [3.63, 3.8) is 0 Å². The number of hydrogen-bond donors (Lipinski definition) is 1. The maximum atomic E-state index is 12.9. The molecule has 4 rings (SSSR count). The smallest absolute Gasteiger partial charge is 0.258 e. The Morgan fingerprint density at radius 2 is 1.66 bits per heavy atom. The molecule has 0 unspecified atom stereocenters. The number of hydrogen-bond acceptors (Lipinski definition) is 7. The first-order valence-electron chi connectivity index (χ1n) is 9.44. The highest BCUT2D eigenvalue weighted by Gasteiger charge is 2.16. The third kappa shape index (κ3) is 3.58. The molecule has 1 aliphatic heterocycles. The van der Waals surface area contributed by atoms with Crippen molar-refractivity contribution in [1.29, 1.82) is 0 Å². The van der Waals surface area contributed by atoms with Crippen LogP contribution < -0.4 is 30.0 Å². The minimum atomic E-state index is -0.171. The Bertz CT molecular complexity index is 1090. The number of anilines is 1. The zero-order valence-electron chi connectivity index (χ0n) is 16.8. The molecule has 3 heterocycles. The summed E-state index contributed by atoms with van der Waals surface area (Å²) in [5.41, 5.74) is 2.55. The van der Waals surface area contributed by atoms with Crippen LogP contribution in [0.25, 0.3) is 16.9 Å². The zero-order chi connectivity index (χ0) is 20.4. The normalized spacial score (nSPS) is 14.1. The molecule has 3 aromatic rings. The van der Waals surface area contributed by atoms with E-state index in [0.29, 0.717) is 28.6 Å². The number of nitrogens with zero attached hydrogens (tertiary/aromatic N) is 3. The standard InChI is InChI=1S/C21H24N4O4/c1-27-17-5-4-14(10-18(17)28-2)16-12-20(26)25-13-15(24-8-6-22-7-9-24)11-19(29-3)21(25)23-16/h4-5,10-13,22H,6-9H2,1-3H3. The summed E-state index contributed by atoms with van der Waals surface area (Å²) >= 11 is 0. The van der Waals surface area contributed by atoms with Gasteiger partial charge in [0.15, 0.2) is 22.9 Å². The Labute approximate surface area is 168 Å². The van der Waals surface area contributed by atoms with Gasteiger partial charge in [-0.05, 0) is 18.2 Å². The number of benzene rings is 1. The van der Waals surface area contributed by atoms with Crippen molar-refractivity contribution in [2.24, 2.45) is 0 Å². The van der Waals surface area contributed by atoms with Crippen LogP contribution in [0.4, 0.5) is 5.69 Å². The van der Waals surface area contributed by atoms with Crippen molar-refractivity contribution < 1.29 is 14.2 Å². The average Bonchev–Trinajstić information content (AvgIpc) is 2.78. The highest BCUT2D eigenvalue weighted by atomic mass is 16.5. The fraction of sp³-hybridized carbons (Fsp3) is 0.333. The minimum absolute atomic E-state index is 0.171. The van der Waals surface area contributed by atoms with Crippen LogP contribution in [0.1, 0.15) is 0 Å². The SMILES string of the molecule is COc1ccc(-c2cc(=O)n3cc(N4CCNCC4)cc(OC)c3n2)cc1OC. The lowest BCUT2D eigenvalue weighted by atomic mass is 10.1. The first-order chi connectivity index (χ1) is 14.1. The largest absolute Gasteiger partial charge is 0.493 e.